The molecule has 0 spiro atoms. The van der Waals surface area contributed by atoms with Crippen molar-refractivity contribution < 1.29 is 9.63 Å². The van der Waals surface area contributed by atoms with Crippen LogP contribution in [-0.2, 0) is 11.3 Å². The van der Waals surface area contributed by atoms with Crippen LogP contribution in [-0.4, -0.2) is 33.5 Å². The van der Waals surface area contributed by atoms with Gasteiger partial charge in [-0.05, 0) is 43.7 Å². The highest BCUT2D eigenvalue weighted by atomic mass is 16.7. The van der Waals surface area contributed by atoms with E-state index in [9.17, 15) is 9.59 Å². The summed E-state index contributed by atoms with van der Waals surface area (Å²) in [4.78, 5) is 41.3. The average Bonchev–Trinajstić information content (AvgIpc) is 3.27. The van der Waals surface area contributed by atoms with Gasteiger partial charge in [-0.25, -0.2) is 0 Å². The number of hydrogen-bond acceptors (Lipinski definition) is 6. The van der Waals surface area contributed by atoms with Crippen molar-refractivity contribution in [2.75, 3.05) is 6.54 Å². The molecule has 1 aliphatic heterocycles. The van der Waals surface area contributed by atoms with E-state index in [0.717, 1.165) is 28.1 Å². The highest BCUT2D eigenvalue weighted by Crippen LogP contribution is 2.22. The first kappa shape index (κ1) is 20.5. The van der Waals surface area contributed by atoms with Gasteiger partial charge >= 0.3 is 0 Å². The van der Waals surface area contributed by atoms with Gasteiger partial charge in [0.15, 0.2) is 0 Å². The smallest absolute Gasteiger partial charge is 0.252 e. The van der Waals surface area contributed by atoms with E-state index < -0.39 is 0 Å². The van der Waals surface area contributed by atoms with Crippen LogP contribution in [0.4, 0.5) is 0 Å². The zero-order valence-electron chi connectivity index (χ0n) is 17.3. The highest BCUT2D eigenvalue weighted by molar-refractivity contribution is 5.95. The molecule has 1 atom stereocenters. The molecule has 3 N–H and O–H groups in total. The van der Waals surface area contributed by atoms with E-state index in [0.29, 0.717) is 24.1 Å². The van der Waals surface area contributed by atoms with E-state index in [2.05, 4.69) is 25.7 Å². The predicted molar refractivity (Wildman–Crippen MR) is 117 cm³/mol. The molecule has 1 unspecified atom stereocenters. The second-order valence-corrected chi connectivity index (χ2v) is 7.26. The fraction of sp³-hybridized carbons (Fsp3) is 0.217. The standard InChI is InChI=1S/C23H23N5O3/c1-3-15-9-20(14(2)27-23(15)30)17-8-18(12-25-11-17)22(29)26-13-19-10-21(28-31-19)16-4-6-24-7-5-16/h4-12,19,28H,3,13H2,1-2H3,(H,26,29)(H,27,30). The molecule has 8 heteroatoms. The highest BCUT2D eigenvalue weighted by Gasteiger charge is 2.19. The number of carbonyl (C=O) groups excluding carboxylic acids is 1. The number of hydroxylamine groups is 1. The Morgan fingerprint density at radius 1 is 1.16 bits per heavy atom. The van der Waals surface area contributed by atoms with Crippen LogP contribution in [0.5, 0.6) is 0 Å². The molecule has 0 bridgehead atoms. The second kappa shape index (κ2) is 8.93. The van der Waals surface area contributed by atoms with Crippen LogP contribution in [0.25, 0.3) is 16.8 Å². The monoisotopic (exact) mass is 417 g/mol. The number of rotatable bonds is 6. The maximum atomic E-state index is 12.7. The van der Waals surface area contributed by atoms with Gasteiger partial charge in [0.1, 0.15) is 6.10 Å². The van der Waals surface area contributed by atoms with Gasteiger partial charge in [-0.15, -0.1) is 0 Å². The molecule has 1 amide bonds. The van der Waals surface area contributed by atoms with Crippen LogP contribution < -0.4 is 16.4 Å². The zero-order chi connectivity index (χ0) is 21.8. The lowest BCUT2D eigenvalue weighted by atomic mass is 10.0. The third kappa shape index (κ3) is 4.54. The van der Waals surface area contributed by atoms with Crippen LogP contribution in [0.2, 0.25) is 0 Å². The summed E-state index contributed by atoms with van der Waals surface area (Å²) >= 11 is 0. The molecule has 4 rings (SSSR count). The van der Waals surface area contributed by atoms with Gasteiger partial charge in [0.05, 0.1) is 17.8 Å². The summed E-state index contributed by atoms with van der Waals surface area (Å²) in [7, 11) is 0. The van der Waals surface area contributed by atoms with E-state index in [1.54, 1.807) is 24.7 Å². The van der Waals surface area contributed by atoms with Crippen molar-refractivity contribution >= 4 is 11.6 Å². The Labute approximate surface area is 179 Å². The molecule has 158 valence electrons. The maximum Gasteiger partial charge on any atom is 0.252 e. The van der Waals surface area contributed by atoms with Crippen LogP contribution in [0.15, 0.2) is 59.9 Å². The van der Waals surface area contributed by atoms with Crippen LogP contribution in [0.1, 0.15) is 34.1 Å². The Balaban J connectivity index is 1.46. The van der Waals surface area contributed by atoms with E-state index >= 15 is 0 Å². The summed E-state index contributed by atoms with van der Waals surface area (Å²) in [5.41, 5.74) is 8.08. The van der Waals surface area contributed by atoms with Gasteiger partial charge in [-0.1, -0.05) is 6.92 Å². The van der Waals surface area contributed by atoms with Crippen molar-refractivity contribution in [3.63, 3.8) is 0 Å². The molecule has 1 aliphatic rings. The number of hydrogen-bond donors (Lipinski definition) is 3. The number of amides is 1. The summed E-state index contributed by atoms with van der Waals surface area (Å²) in [6, 6.07) is 7.39. The molecule has 0 aromatic carbocycles. The molecule has 31 heavy (non-hydrogen) atoms. The number of carbonyl (C=O) groups is 1. The number of aryl methyl sites for hydroxylation is 2. The number of aromatic amines is 1. The number of nitrogens with one attached hydrogen (secondary N) is 3. The molecule has 0 radical (unpaired) electrons. The van der Waals surface area contributed by atoms with E-state index in [-0.39, 0.29) is 17.6 Å². The first-order chi connectivity index (χ1) is 15.0. The fourth-order valence-corrected chi connectivity index (χ4v) is 3.42. The lowest BCUT2D eigenvalue weighted by molar-refractivity contribution is 0.0498. The molecule has 0 aliphatic carbocycles. The SMILES string of the molecule is CCc1cc(-c2cncc(C(=O)NCC3C=C(c4ccncc4)NO3)c2)c(C)[nH]c1=O. The second-order valence-electron chi connectivity index (χ2n) is 7.26. The van der Waals surface area contributed by atoms with Gasteiger partial charge in [-0.2, -0.15) is 0 Å². The molecule has 3 aromatic heterocycles. The van der Waals surface area contributed by atoms with Crippen molar-refractivity contribution in [2.24, 2.45) is 0 Å². The van der Waals surface area contributed by atoms with E-state index in [1.807, 2.05) is 38.1 Å². The lowest BCUT2D eigenvalue weighted by Crippen LogP contribution is -2.32. The van der Waals surface area contributed by atoms with Crippen molar-refractivity contribution in [1.82, 2.24) is 25.7 Å². The van der Waals surface area contributed by atoms with Gasteiger partial charge in [0, 0.05) is 52.7 Å². The topological polar surface area (TPSA) is 109 Å². The Hall–Kier alpha value is -3.78. The third-order valence-corrected chi connectivity index (χ3v) is 5.14. The molecule has 3 aromatic rings. The van der Waals surface area contributed by atoms with E-state index in [1.165, 1.54) is 6.20 Å². The van der Waals surface area contributed by atoms with Crippen molar-refractivity contribution in [3.8, 4) is 11.1 Å². The average molecular weight is 417 g/mol. The largest absolute Gasteiger partial charge is 0.349 e. The van der Waals surface area contributed by atoms with Crippen molar-refractivity contribution in [3.05, 3.63) is 87.9 Å². The molecule has 0 fully saturated rings. The lowest BCUT2D eigenvalue weighted by Gasteiger charge is -2.11. The van der Waals surface area contributed by atoms with Gasteiger partial charge in [0.25, 0.3) is 11.5 Å². The molecule has 0 saturated carbocycles. The van der Waals surface area contributed by atoms with Gasteiger partial charge in [0.2, 0.25) is 0 Å². The molecule has 8 nitrogen and oxygen atoms in total. The van der Waals surface area contributed by atoms with Crippen LogP contribution in [0, 0.1) is 6.92 Å². The zero-order valence-corrected chi connectivity index (χ0v) is 17.3. The fourth-order valence-electron chi connectivity index (χ4n) is 3.42. The Morgan fingerprint density at radius 3 is 2.74 bits per heavy atom. The molecule has 4 heterocycles. The summed E-state index contributed by atoms with van der Waals surface area (Å²) in [6.45, 7) is 4.07. The van der Waals surface area contributed by atoms with Crippen molar-refractivity contribution in [2.45, 2.75) is 26.4 Å². The number of pyridine rings is 3. The Bertz CT molecular complexity index is 1190. The first-order valence-corrected chi connectivity index (χ1v) is 10.1. The van der Waals surface area contributed by atoms with E-state index in [4.69, 9.17) is 4.84 Å². The summed E-state index contributed by atoms with van der Waals surface area (Å²) in [5.74, 6) is -0.249. The van der Waals surface area contributed by atoms with Gasteiger partial charge in [-0.3, -0.25) is 29.9 Å². The molecular weight excluding hydrogens is 394 g/mol. The Kier molecular flexibility index (Phi) is 5.90. The number of H-pyrrole nitrogens is 1. The summed E-state index contributed by atoms with van der Waals surface area (Å²) in [5, 5.41) is 2.88. The predicted octanol–water partition coefficient (Wildman–Crippen LogP) is 2.38. The van der Waals surface area contributed by atoms with Crippen LogP contribution >= 0.6 is 0 Å². The maximum absolute atomic E-state index is 12.7. The summed E-state index contributed by atoms with van der Waals surface area (Å²) in [6.07, 6.45) is 8.87. The van der Waals surface area contributed by atoms with Crippen LogP contribution in [0.3, 0.4) is 0 Å². The normalized spacial score (nSPS) is 15.3. The van der Waals surface area contributed by atoms with Gasteiger partial charge < -0.3 is 10.3 Å². The minimum Gasteiger partial charge on any atom is -0.349 e. The van der Waals surface area contributed by atoms with Crippen molar-refractivity contribution in [1.29, 1.82) is 0 Å². The Morgan fingerprint density at radius 2 is 1.97 bits per heavy atom. The first-order valence-electron chi connectivity index (χ1n) is 10.1. The summed E-state index contributed by atoms with van der Waals surface area (Å²) < 4.78 is 0. The minimum absolute atomic E-state index is 0.0880. The minimum atomic E-state index is -0.295. The quantitative estimate of drug-likeness (QED) is 0.568. The number of aromatic nitrogens is 3. The third-order valence-electron chi connectivity index (χ3n) is 5.14. The molecule has 0 saturated heterocycles. The molecular formula is C23H23N5O3. The number of nitrogens with zero attached hydrogens (tertiary/aromatic N) is 2.